The minimum Gasteiger partial charge on any atom is -0.0623 e. The van der Waals surface area contributed by atoms with Crippen LogP contribution in [0.15, 0.2) is 340 Å². The van der Waals surface area contributed by atoms with E-state index in [1.54, 1.807) is 0 Å². The molecule has 11 aromatic rings. The van der Waals surface area contributed by atoms with Crippen LogP contribution in [-0.4, -0.2) is 77.2 Å². The average molecular weight is 1210 g/mol. The van der Waals surface area contributed by atoms with E-state index >= 15 is 0 Å². The predicted octanol–water partition coefficient (Wildman–Crippen LogP) is 8.39. The van der Waals surface area contributed by atoms with Gasteiger partial charge in [-0.2, -0.15) is 0 Å². The molecule has 10 radical (unpaired) electrons. The summed E-state index contributed by atoms with van der Waals surface area (Å²) in [6.07, 6.45) is 0. The zero-order valence-electron chi connectivity index (χ0n) is 39.8. The fourth-order valence-electron chi connectivity index (χ4n) is 6.43. The minimum atomic E-state index is -0.108. The first kappa shape index (κ1) is 54.5. The van der Waals surface area contributed by atoms with Crippen molar-refractivity contribution in [3.63, 3.8) is 0 Å². The van der Waals surface area contributed by atoms with Crippen LogP contribution in [0.4, 0.5) is 0 Å². The second-order valence-electron chi connectivity index (χ2n) is 15.4. The average Bonchev–Trinajstić information content (AvgIpc) is 3.45. The Balaban J connectivity index is 0.000000141. The van der Waals surface area contributed by atoms with Crippen LogP contribution in [0.5, 0.6) is 0 Å². The van der Waals surface area contributed by atoms with Crippen LogP contribution in [0.2, 0.25) is 0 Å². The molecule has 11 rings (SSSR count). The van der Waals surface area contributed by atoms with Gasteiger partial charge in [-0.15, -0.1) is 0 Å². The summed E-state index contributed by atoms with van der Waals surface area (Å²) in [6, 6.07) is 119. The fraction of sp³-hybridized carbons (Fsp3) is 0. The number of benzene rings is 11. The molecule has 0 aromatic heterocycles. The minimum absolute atomic E-state index is 0.108. The summed E-state index contributed by atoms with van der Waals surface area (Å²) in [4.78, 5) is 0. The molecule has 0 bridgehead atoms. The van der Waals surface area contributed by atoms with Crippen molar-refractivity contribution in [2.45, 2.75) is 0 Å². The molecule has 0 amide bonds. The van der Waals surface area contributed by atoms with E-state index in [9.17, 15) is 0 Å². The number of hydrogen-bond acceptors (Lipinski definition) is 0. The Kier molecular flexibility index (Phi) is 27.1. The molecule has 340 valence electrons. The Bertz CT molecular complexity index is 2260. The molecule has 0 atom stereocenters. The van der Waals surface area contributed by atoms with E-state index < -0.39 is 0 Å². The van der Waals surface area contributed by atoms with Gasteiger partial charge in [-0.1, -0.05) is 36.4 Å². The molecular weight excluding hydrogens is 1160 g/mol. The van der Waals surface area contributed by atoms with E-state index in [1.807, 2.05) is 36.4 Å². The van der Waals surface area contributed by atoms with Crippen molar-refractivity contribution in [3.8, 4) is 0 Å². The van der Waals surface area contributed by atoms with Gasteiger partial charge in [-0.3, -0.25) is 0 Å². The molecule has 0 unspecified atom stereocenters. The van der Waals surface area contributed by atoms with Crippen molar-refractivity contribution < 1.29 is 0 Å². The molecule has 0 aliphatic rings. The summed E-state index contributed by atoms with van der Waals surface area (Å²) in [5, 5.41) is 0. The summed E-state index contributed by atoms with van der Waals surface area (Å²) >= 11 is -0.539. The topological polar surface area (TPSA) is 0 Å². The third-order valence-corrected chi connectivity index (χ3v) is 22.9. The monoisotopic (exact) mass is 1220 g/mol. The Hall–Kier alpha value is -5.87. The standard InChI is InChI=1S/5C12H10Ge.C6H6/c5*1-3-7-11(8-4-1)13-12-9-5-2-6-10-12;1-2-4-6-5-3-1/h5*1-10H;1-6H. The first-order chi connectivity index (χ1) is 35.2. The van der Waals surface area contributed by atoms with Crippen LogP contribution in [0.25, 0.3) is 0 Å². The smallest absolute Gasteiger partial charge is 0.0623 e. The van der Waals surface area contributed by atoms with Gasteiger partial charge in [-0.05, 0) is 0 Å². The molecule has 71 heavy (non-hydrogen) atoms. The normalized spacial score (nSPS) is 9.69. The van der Waals surface area contributed by atoms with Gasteiger partial charge in [0.1, 0.15) is 0 Å². The quantitative estimate of drug-likeness (QED) is 0.121. The summed E-state index contributed by atoms with van der Waals surface area (Å²) in [7, 11) is 0. The Morgan fingerprint density at radius 2 is 0.169 bits per heavy atom. The van der Waals surface area contributed by atoms with Crippen molar-refractivity contribution >= 4 is 121 Å². The largest absolute Gasteiger partial charge is 0.0623 e. The molecule has 0 nitrogen and oxygen atoms in total. The molecule has 0 aliphatic carbocycles. The molecule has 0 saturated heterocycles. The Morgan fingerprint density at radius 1 is 0.0986 bits per heavy atom. The predicted molar refractivity (Wildman–Crippen MR) is 316 cm³/mol. The van der Waals surface area contributed by atoms with Gasteiger partial charge in [0.2, 0.25) is 0 Å². The molecule has 0 N–H and O–H groups in total. The van der Waals surface area contributed by atoms with Crippen LogP contribution >= 0.6 is 0 Å². The Morgan fingerprint density at radius 3 is 0.254 bits per heavy atom. The molecule has 0 fully saturated rings. The van der Waals surface area contributed by atoms with Gasteiger partial charge in [0.15, 0.2) is 0 Å². The van der Waals surface area contributed by atoms with Gasteiger partial charge >= 0.3 is 424 Å². The summed E-state index contributed by atoms with van der Waals surface area (Å²) in [5.41, 5.74) is 0. The van der Waals surface area contributed by atoms with Crippen molar-refractivity contribution in [1.29, 1.82) is 0 Å². The number of rotatable bonds is 10. The fourth-order valence-corrected chi connectivity index (χ4v) is 17.5. The van der Waals surface area contributed by atoms with Gasteiger partial charge in [0.05, 0.1) is 0 Å². The number of hydrogen-bond donors (Lipinski definition) is 0. The van der Waals surface area contributed by atoms with Crippen LogP contribution in [0.1, 0.15) is 0 Å². The van der Waals surface area contributed by atoms with Gasteiger partial charge in [0.25, 0.3) is 0 Å². The van der Waals surface area contributed by atoms with Crippen molar-refractivity contribution in [2.24, 2.45) is 0 Å². The second kappa shape index (κ2) is 35.3. The third-order valence-electron chi connectivity index (χ3n) is 9.85. The van der Waals surface area contributed by atoms with E-state index in [4.69, 9.17) is 0 Å². The Labute approximate surface area is 456 Å². The first-order valence-electron chi connectivity index (χ1n) is 23.6. The van der Waals surface area contributed by atoms with E-state index in [0.717, 1.165) is 0 Å². The van der Waals surface area contributed by atoms with Crippen molar-refractivity contribution in [1.82, 2.24) is 0 Å². The van der Waals surface area contributed by atoms with Gasteiger partial charge < -0.3 is 0 Å². The molecule has 11 aromatic carbocycles. The zero-order valence-corrected chi connectivity index (χ0v) is 50.3. The van der Waals surface area contributed by atoms with Crippen LogP contribution in [-0.2, 0) is 0 Å². The second-order valence-corrected chi connectivity index (χ2v) is 30.2. The maximum atomic E-state index is 2.22. The van der Waals surface area contributed by atoms with E-state index in [0.29, 0.717) is 0 Å². The van der Waals surface area contributed by atoms with Crippen LogP contribution in [0, 0.1) is 0 Å². The summed E-state index contributed by atoms with van der Waals surface area (Å²) in [6.45, 7) is 0. The van der Waals surface area contributed by atoms with Crippen molar-refractivity contribution in [2.75, 3.05) is 0 Å². The SMILES string of the molecule is c1cc[c]([Ge][c]2ccccc2)cc1.c1cc[c]([Ge][c]2ccccc2)cc1.c1cc[c]([Ge][c]2ccccc2)cc1.c1cc[c]([Ge][c]2ccccc2)cc1.c1cc[c]([Ge][c]2ccccc2)cc1.c1ccccc1. The molecule has 0 spiro atoms. The molecule has 0 aliphatic heterocycles. The van der Waals surface area contributed by atoms with Gasteiger partial charge in [-0.25, -0.2) is 0 Å². The van der Waals surface area contributed by atoms with E-state index in [2.05, 4.69) is 303 Å². The molecule has 0 heterocycles. The molecule has 0 saturated carbocycles. The van der Waals surface area contributed by atoms with E-state index in [-0.39, 0.29) is 77.2 Å². The molecule has 5 heteroatoms. The van der Waals surface area contributed by atoms with Crippen LogP contribution in [0.3, 0.4) is 0 Å². The maximum Gasteiger partial charge on any atom is -0.0623 e. The third kappa shape index (κ3) is 24.7. The summed E-state index contributed by atoms with van der Waals surface area (Å²) < 4.78 is 14.9. The van der Waals surface area contributed by atoms with Gasteiger partial charge in [0, 0.05) is 0 Å². The summed E-state index contributed by atoms with van der Waals surface area (Å²) in [5.74, 6) is 0. The first-order valence-corrected chi connectivity index (χ1v) is 34.1. The maximum absolute atomic E-state index is 2.22. The molecular formula is C66H56Ge5. The van der Waals surface area contributed by atoms with E-state index in [1.165, 1.54) is 44.0 Å². The zero-order chi connectivity index (χ0) is 48.9. The van der Waals surface area contributed by atoms with Crippen LogP contribution < -0.4 is 44.0 Å². The van der Waals surface area contributed by atoms with Crippen molar-refractivity contribution in [3.05, 3.63) is 340 Å².